The van der Waals surface area contributed by atoms with Crippen LogP contribution in [0.25, 0.3) is 22.3 Å². The second kappa shape index (κ2) is 11.1. The molecule has 212 valence electrons. The highest BCUT2D eigenvalue weighted by Gasteiger charge is 2.52. The number of carbonyl (C=O) groups is 2. The van der Waals surface area contributed by atoms with Gasteiger partial charge in [0.2, 0.25) is 0 Å². The van der Waals surface area contributed by atoms with Gasteiger partial charge in [0.25, 0.3) is 5.91 Å². The van der Waals surface area contributed by atoms with Gasteiger partial charge < -0.3 is 14.8 Å². The zero-order chi connectivity index (χ0) is 28.6. The third-order valence-electron chi connectivity index (χ3n) is 8.30. The molecular weight excluding hydrogens is 542 g/mol. The van der Waals surface area contributed by atoms with Gasteiger partial charge in [0, 0.05) is 46.9 Å². The highest BCUT2D eigenvalue weighted by molar-refractivity contribution is 6.32. The SMILES string of the molecule is COc1ccc(-c2ncc(Cn3ncc4cc(Cl)cc(C(=O)NC5CC6(CC(CCOC(C)=O)C6)C5)c43)cn2)cc1. The molecule has 10 heteroatoms. The lowest BCUT2D eigenvalue weighted by molar-refractivity contribution is -0.142. The molecule has 2 aliphatic rings. The predicted molar refractivity (Wildman–Crippen MR) is 155 cm³/mol. The Morgan fingerprint density at radius 2 is 1.80 bits per heavy atom. The number of halogens is 1. The summed E-state index contributed by atoms with van der Waals surface area (Å²) in [6, 6.07) is 11.3. The van der Waals surface area contributed by atoms with Crippen LogP contribution in [0.15, 0.2) is 55.0 Å². The summed E-state index contributed by atoms with van der Waals surface area (Å²) >= 11 is 6.39. The molecule has 2 fully saturated rings. The number of hydrogen-bond acceptors (Lipinski definition) is 7. The first-order chi connectivity index (χ1) is 19.8. The number of amides is 1. The average Bonchev–Trinajstić information content (AvgIpc) is 3.32. The second-order valence-corrected chi connectivity index (χ2v) is 11.8. The molecule has 2 saturated carbocycles. The van der Waals surface area contributed by atoms with Crippen LogP contribution in [0.4, 0.5) is 0 Å². The van der Waals surface area contributed by atoms with E-state index in [0.717, 1.165) is 59.9 Å². The standard InChI is InChI=1S/C31H32ClN5O4/c1-19(38)41-8-7-20-11-31(12-20)13-25(14-31)36-30(39)27-10-24(32)9-23-17-35-37(28(23)27)18-21-15-33-29(34-16-21)22-3-5-26(40-2)6-4-22/h3-6,9-10,15-17,20,25H,7-8,11-14,18H2,1-2H3,(H,36,39). The van der Waals surface area contributed by atoms with Gasteiger partial charge in [0.15, 0.2) is 5.82 Å². The van der Waals surface area contributed by atoms with Gasteiger partial charge in [-0.3, -0.25) is 14.3 Å². The van der Waals surface area contributed by atoms with Gasteiger partial charge in [0.05, 0.1) is 37.5 Å². The number of nitrogens with zero attached hydrogens (tertiary/aromatic N) is 4. The first-order valence-corrected chi connectivity index (χ1v) is 14.2. The first-order valence-electron chi connectivity index (χ1n) is 13.9. The van der Waals surface area contributed by atoms with E-state index in [4.69, 9.17) is 21.1 Å². The minimum Gasteiger partial charge on any atom is -0.497 e. The highest BCUT2D eigenvalue weighted by Crippen LogP contribution is 2.59. The molecule has 0 aliphatic heterocycles. The Bertz CT molecular complexity index is 1570. The Balaban J connectivity index is 1.11. The van der Waals surface area contributed by atoms with Gasteiger partial charge in [-0.25, -0.2) is 9.97 Å². The summed E-state index contributed by atoms with van der Waals surface area (Å²) in [6.07, 6.45) is 10.4. The number of benzene rings is 2. The topological polar surface area (TPSA) is 108 Å². The Labute approximate surface area is 243 Å². The van der Waals surface area contributed by atoms with Crippen molar-refractivity contribution in [3.05, 3.63) is 71.1 Å². The number of esters is 1. The number of aromatic nitrogens is 4. The Morgan fingerprint density at radius 3 is 2.49 bits per heavy atom. The molecule has 2 aromatic heterocycles. The van der Waals surface area contributed by atoms with Crippen molar-refractivity contribution in [2.24, 2.45) is 11.3 Å². The molecule has 2 heterocycles. The van der Waals surface area contributed by atoms with E-state index in [1.54, 1.807) is 36.4 Å². The van der Waals surface area contributed by atoms with Crippen LogP contribution in [0.2, 0.25) is 5.02 Å². The zero-order valence-electron chi connectivity index (χ0n) is 23.1. The monoisotopic (exact) mass is 573 g/mol. The van der Waals surface area contributed by atoms with Crippen LogP contribution in [0, 0.1) is 11.3 Å². The first kappa shape index (κ1) is 27.2. The number of rotatable bonds is 9. The molecule has 0 radical (unpaired) electrons. The van der Waals surface area contributed by atoms with Crippen molar-refractivity contribution < 1.29 is 19.1 Å². The minimum atomic E-state index is -0.224. The van der Waals surface area contributed by atoms with Crippen molar-refractivity contribution in [2.75, 3.05) is 13.7 Å². The third kappa shape index (κ3) is 5.77. The van der Waals surface area contributed by atoms with Gasteiger partial charge >= 0.3 is 5.97 Å². The smallest absolute Gasteiger partial charge is 0.302 e. The number of fused-ring (bicyclic) bond motifs is 1. The fourth-order valence-corrected chi connectivity index (χ4v) is 6.64. The van der Waals surface area contributed by atoms with Gasteiger partial charge in [-0.15, -0.1) is 0 Å². The van der Waals surface area contributed by atoms with Crippen LogP contribution in [0.1, 0.15) is 54.9 Å². The fourth-order valence-electron chi connectivity index (χ4n) is 6.41. The van der Waals surface area contributed by atoms with Crippen molar-refractivity contribution in [1.29, 1.82) is 0 Å². The normalized spacial score (nSPS) is 21.2. The van der Waals surface area contributed by atoms with Crippen molar-refractivity contribution in [3.8, 4) is 17.1 Å². The quantitative estimate of drug-likeness (QED) is 0.265. The maximum Gasteiger partial charge on any atom is 0.302 e. The lowest BCUT2D eigenvalue weighted by Crippen LogP contribution is -2.56. The summed E-state index contributed by atoms with van der Waals surface area (Å²) in [7, 11) is 1.63. The van der Waals surface area contributed by atoms with Crippen LogP contribution < -0.4 is 10.1 Å². The molecule has 0 bridgehead atoms. The molecule has 2 aliphatic carbocycles. The number of methoxy groups -OCH3 is 1. The number of carbonyl (C=O) groups excluding carboxylic acids is 2. The molecule has 2 aromatic carbocycles. The van der Waals surface area contributed by atoms with Crippen LogP contribution in [0.3, 0.4) is 0 Å². The molecular formula is C31H32ClN5O4. The van der Waals surface area contributed by atoms with Crippen LogP contribution >= 0.6 is 11.6 Å². The average molecular weight is 574 g/mol. The zero-order valence-corrected chi connectivity index (χ0v) is 23.9. The number of nitrogens with one attached hydrogen (secondary N) is 1. The van der Waals surface area contributed by atoms with Crippen LogP contribution in [-0.2, 0) is 16.1 Å². The van der Waals surface area contributed by atoms with E-state index in [9.17, 15) is 9.59 Å². The molecule has 0 saturated heterocycles. The van der Waals surface area contributed by atoms with Gasteiger partial charge in [0.1, 0.15) is 5.75 Å². The van der Waals surface area contributed by atoms with Crippen molar-refractivity contribution in [2.45, 2.75) is 51.6 Å². The van der Waals surface area contributed by atoms with E-state index in [-0.39, 0.29) is 17.9 Å². The molecule has 0 unspecified atom stereocenters. The van der Waals surface area contributed by atoms with Crippen molar-refractivity contribution >= 4 is 34.4 Å². The molecule has 1 amide bonds. The summed E-state index contributed by atoms with van der Waals surface area (Å²) in [5, 5.41) is 9.07. The Hall–Kier alpha value is -3.98. The largest absolute Gasteiger partial charge is 0.497 e. The van der Waals surface area contributed by atoms with E-state index >= 15 is 0 Å². The van der Waals surface area contributed by atoms with Crippen molar-refractivity contribution in [3.63, 3.8) is 0 Å². The molecule has 41 heavy (non-hydrogen) atoms. The molecule has 6 rings (SSSR count). The summed E-state index contributed by atoms with van der Waals surface area (Å²) in [5.74, 6) is 1.63. The summed E-state index contributed by atoms with van der Waals surface area (Å²) in [5.41, 5.74) is 3.32. The van der Waals surface area contributed by atoms with Crippen molar-refractivity contribution in [1.82, 2.24) is 25.1 Å². The molecule has 1 N–H and O–H groups in total. The Morgan fingerprint density at radius 1 is 1.07 bits per heavy atom. The second-order valence-electron chi connectivity index (χ2n) is 11.3. The number of ether oxygens (including phenoxy) is 2. The van der Waals surface area contributed by atoms with Crippen LogP contribution in [0.5, 0.6) is 5.75 Å². The predicted octanol–water partition coefficient (Wildman–Crippen LogP) is 5.45. The highest BCUT2D eigenvalue weighted by atomic mass is 35.5. The maximum atomic E-state index is 13.5. The van der Waals surface area contributed by atoms with E-state index in [2.05, 4.69) is 20.4 Å². The van der Waals surface area contributed by atoms with Gasteiger partial charge in [-0.1, -0.05) is 11.6 Å². The van der Waals surface area contributed by atoms with E-state index in [1.807, 2.05) is 30.3 Å². The van der Waals surface area contributed by atoms with E-state index in [1.165, 1.54) is 6.92 Å². The summed E-state index contributed by atoms with van der Waals surface area (Å²) in [6.45, 7) is 2.35. The van der Waals surface area contributed by atoms with E-state index < -0.39 is 0 Å². The minimum absolute atomic E-state index is 0.140. The molecule has 0 atom stereocenters. The summed E-state index contributed by atoms with van der Waals surface area (Å²) in [4.78, 5) is 33.5. The lowest BCUT2D eigenvalue weighted by atomic mass is 9.49. The Kier molecular flexibility index (Phi) is 7.38. The van der Waals surface area contributed by atoms with Gasteiger partial charge in [-0.05, 0) is 79.8 Å². The number of hydrogen-bond donors (Lipinski definition) is 1. The van der Waals surface area contributed by atoms with E-state index in [0.29, 0.717) is 40.9 Å². The molecule has 4 aromatic rings. The third-order valence-corrected chi connectivity index (χ3v) is 8.52. The fraction of sp³-hybridized carbons (Fsp3) is 0.387. The lowest BCUT2D eigenvalue weighted by Gasteiger charge is -2.58. The van der Waals surface area contributed by atoms with Crippen LogP contribution in [-0.4, -0.2) is 51.4 Å². The van der Waals surface area contributed by atoms with Gasteiger partial charge in [-0.2, -0.15) is 5.10 Å². The molecule has 1 spiro atoms. The molecule has 9 nitrogen and oxygen atoms in total. The summed E-state index contributed by atoms with van der Waals surface area (Å²) < 4.78 is 12.1. The maximum absolute atomic E-state index is 13.5.